The highest BCUT2D eigenvalue weighted by molar-refractivity contribution is 14.1. The molecule has 0 heterocycles. The minimum atomic E-state index is 0.503. The molecular weight excluding hydrogens is 461 g/mol. The fourth-order valence-electron chi connectivity index (χ4n) is 2.81. The smallest absolute Gasteiger partial charge is 0.174 e. The lowest BCUT2D eigenvalue weighted by Crippen LogP contribution is -2.01. The first-order valence-corrected chi connectivity index (χ1v) is 10.2. The number of hydrogen-bond acceptors (Lipinski definition) is 3. The molecule has 0 saturated carbocycles. The van der Waals surface area contributed by atoms with Gasteiger partial charge in [-0.15, -0.1) is 0 Å². The molecule has 0 aromatic heterocycles. The van der Waals surface area contributed by atoms with Gasteiger partial charge in [-0.2, -0.15) is 0 Å². The first kappa shape index (κ1) is 20.4. The molecule has 0 radical (unpaired) electrons. The average Bonchev–Trinajstić information content (AvgIpc) is 2.69. The van der Waals surface area contributed by atoms with Gasteiger partial charge in [0.15, 0.2) is 11.5 Å². The molecule has 0 aliphatic rings. The minimum Gasteiger partial charge on any atom is -0.493 e. The van der Waals surface area contributed by atoms with Gasteiger partial charge in [-0.25, -0.2) is 0 Å². The van der Waals surface area contributed by atoms with Crippen LogP contribution >= 0.6 is 22.6 Å². The lowest BCUT2D eigenvalue weighted by Gasteiger charge is -2.14. The number of aryl methyl sites for hydroxylation is 2. The first-order valence-electron chi connectivity index (χ1n) is 9.14. The third kappa shape index (κ3) is 4.93. The minimum absolute atomic E-state index is 0.503. The Morgan fingerprint density at radius 3 is 2.46 bits per heavy atom. The second-order valence-electron chi connectivity index (χ2n) is 6.79. The van der Waals surface area contributed by atoms with Crippen LogP contribution in [0.25, 0.3) is 0 Å². The molecule has 0 fully saturated rings. The molecule has 3 rings (SSSR count). The van der Waals surface area contributed by atoms with Gasteiger partial charge in [0.2, 0.25) is 0 Å². The number of nitrogens with zero attached hydrogens (tertiary/aromatic N) is 1. The summed E-state index contributed by atoms with van der Waals surface area (Å²) in [5.41, 5.74) is 6.76. The highest BCUT2D eigenvalue weighted by atomic mass is 127. The molecule has 0 bridgehead atoms. The van der Waals surface area contributed by atoms with Crippen molar-refractivity contribution in [1.82, 2.24) is 0 Å². The van der Waals surface area contributed by atoms with Crippen LogP contribution in [0.4, 0.5) is 5.69 Å². The zero-order valence-electron chi connectivity index (χ0n) is 16.6. The molecule has 0 amide bonds. The van der Waals surface area contributed by atoms with E-state index in [0.717, 1.165) is 26.1 Å². The second kappa shape index (κ2) is 9.24. The van der Waals surface area contributed by atoms with Gasteiger partial charge in [0.25, 0.3) is 0 Å². The van der Waals surface area contributed by atoms with E-state index < -0.39 is 0 Å². The van der Waals surface area contributed by atoms with Crippen molar-refractivity contribution in [3.8, 4) is 11.5 Å². The van der Waals surface area contributed by atoms with Crippen LogP contribution < -0.4 is 9.47 Å². The maximum atomic E-state index is 6.06. The Morgan fingerprint density at radius 2 is 1.75 bits per heavy atom. The van der Waals surface area contributed by atoms with Gasteiger partial charge < -0.3 is 9.47 Å². The predicted molar refractivity (Wildman–Crippen MR) is 124 cm³/mol. The predicted octanol–water partition coefficient (Wildman–Crippen LogP) is 6.55. The Kier molecular flexibility index (Phi) is 6.73. The molecule has 0 atom stereocenters. The van der Waals surface area contributed by atoms with Gasteiger partial charge in [-0.3, -0.25) is 4.99 Å². The van der Waals surface area contributed by atoms with Crippen LogP contribution in [-0.2, 0) is 6.61 Å². The van der Waals surface area contributed by atoms with E-state index in [-0.39, 0.29) is 0 Å². The van der Waals surface area contributed by atoms with E-state index in [1.54, 1.807) is 7.11 Å². The summed E-state index contributed by atoms with van der Waals surface area (Å²) in [4.78, 5) is 4.66. The van der Waals surface area contributed by atoms with E-state index in [1.165, 1.54) is 16.7 Å². The maximum Gasteiger partial charge on any atom is 0.174 e. The van der Waals surface area contributed by atoms with Crippen LogP contribution in [0.5, 0.6) is 11.5 Å². The Balaban J connectivity index is 1.81. The van der Waals surface area contributed by atoms with Crippen molar-refractivity contribution >= 4 is 34.5 Å². The van der Waals surface area contributed by atoms with Gasteiger partial charge in [-0.1, -0.05) is 42.0 Å². The van der Waals surface area contributed by atoms with E-state index in [2.05, 4.69) is 84.8 Å². The van der Waals surface area contributed by atoms with Gasteiger partial charge in [-0.05, 0) is 83.8 Å². The van der Waals surface area contributed by atoms with Crippen molar-refractivity contribution < 1.29 is 9.47 Å². The van der Waals surface area contributed by atoms with Gasteiger partial charge in [0.1, 0.15) is 6.61 Å². The fraction of sp³-hybridized carbons (Fsp3) is 0.208. The number of ether oxygens (including phenoxy) is 2. The summed E-state index contributed by atoms with van der Waals surface area (Å²) in [6, 6.07) is 18.5. The first-order chi connectivity index (χ1) is 13.5. The fourth-order valence-corrected chi connectivity index (χ4v) is 3.59. The van der Waals surface area contributed by atoms with Crippen molar-refractivity contribution in [2.24, 2.45) is 4.99 Å². The Hall–Kier alpha value is -2.34. The lowest BCUT2D eigenvalue weighted by atomic mass is 10.1. The zero-order valence-corrected chi connectivity index (χ0v) is 18.8. The molecule has 3 aromatic rings. The molecule has 0 unspecified atom stereocenters. The average molecular weight is 485 g/mol. The number of hydrogen-bond donors (Lipinski definition) is 0. The number of benzene rings is 3. The number of methoxy groups -OCH3 is 1. The summed E-state index contributed by atoms with van der Waals surface area (Å²) in [6.07, 6.45) is 1.87. The molecule has 144 valence electrons. The van der Waals surface area contributed by atoms with Gasteiger partial charge in [0, 0.05) is 6.21 Å². The van der Waals surface area contributed by atoms with Crippen molar-refractivity contribution in [2.45, 2.75) is 27.4 Å². The summed E-state index contributed by atoms with van der Waals surface area (Å²) in [5.74, 6) is 1.47. The van der Waals surface area contributed by atoms with Crippen molar-refractivity contribution in [3.05, 3.63) is 86.0 Å². The molecule has 0 N–H and O–H groups in total. The van der Waals surface area contributed by atoms with Crippen LogP contribution in [0.1, 0.15) is 27.8 Å². The Morgan fingerprint density at radius 1 is 1.00 bits per heavy atom. The Bertz CT molecular complexity index is 994. The van der Waals surface area contributed by atoms with Crippen molar-refractivity contribution in [3.63, 3.8) is 0 Å². The molecule has 0 aliphatic carbocycles. The molecule has 3 nitrogen and oxygen atoms in total. The summed E-state index contributed by atoms with van der Waals surface area (Å²) >= 11 is 2.28. The quantitative estimate of drug-likeness (QED) is 0.293. The van der Waals surface area contributed by atoms with Gasteiger partial charge >= 0.3 is 0 Å². The third-order valence-corrected chi connectivity index (χ3v) is 5.49. The number of halogens is 1. The Labute approximate surface area is 180 Å². The molecule has 3 aromatic carbocycles. The molecule has 0 aliphatic heterocycles. The molecule has 0 spiro atoms. The van der Waals surface area contributed by atoms with E-state index in [4.69, 9.17) is 9.47 Å². The monoisotopic (exact) mass is 485 g/mol. The van der Waals surface area contributed by atoms with Crippen molar-refractivity contribution in [1.29, 1.82) is 0 Å². The normalized spacial score (nSPS) is 11.0. The molecule has 0 saturated heterocycles. The van der Waals surface area contributed by atoms with Crippen LogP contribution in [0, 0.1) is 24.3 Å². The van der Waals surface area contributed by atoms with Crippen LogP contribution in [0.3, 0.4) is 0 Å². The third-order valence-electron chi connectivity index (χ3n) is 4.68. The van der Waals surface area contributed by atoms with E-state index in [9.17, 15) is 0 Å². The van der Waals surface area contributed by atoms with Crippen LogP contribution in [0.15, 0.2) is 59.6 Å². The second-order valence-corrected chi connectivity index (χ2v) is 7.95. The topological polar surface area (TPSA) is 30.8 Å². The SMILES string of the molecule is COc1cc(C=Nc2cccc(C)c2C)cc(I)c1OCc1ccc(C)cc1. The number of aliphatic imine (C=N–C) groups is 1. The summed E-state index contributed by atoms with van der Waals surface area (Å²) < 4.78 is 12.6. The van der Waals surface area contributed by atoms with Crippen molar-refractivity contribution in [2.75, 3.05) is 7.11 Å². The maximum absolute atomic E-state index is 6.06. The molecule has 28 heavy (non-hydrogen) atoms. The largest absolute Gasteiger partial charge is 0.493 e. The van der Waals surface area contributed by atoms with Crippen LogP contribution in [-0.4, -0.2) is 13.3 Å². The summed E-state index contributed by atoms with van der Waals surface area (Å²) in [6.45, 7) is 6.77. The lowest BCUT2D eigenvalue weighted by molar-refractivity contribution is 0.282. The molecular formula is C24H24INO2. The van der Waals surface area contributed by atoms with Gasteiger partial charge in [0.05, 0.1) is 16.4 Å². The standard InChI is InChI=1S/C24H24INO2/c1-16-8-10-19(11-9-16)15-28-24-21(25)12-20(13-23(24)27-4)14-26-22-7-5-6-17(2)18(22)3/h5-14H,15H2,1-4H3. The van der Waals surface area contributed by atoms with E-state index >= 15 is 0 Å². The summed E-state index contributed by atoms with van der Waals surface area (Å²) in [5, 5.41) is 0. The van der Waals surface area contributed by atoms with E-state index in [1.807, 2.05) is 24.4 Å². The van der Waals surface area contributed by atoms with Crippen LogP contribution in [0.2, 0.25) is 0 Å². The highest BCUT2D eigenvalue weighted by Crippen LogP contribution is 2.34. The van der Waals surface area contributed by atoms with E-state index in [0.29, 0.717) is 12.4 Å². The highest BCUT2D eigenvalue weighted by Gasteiger charge is 2.11. The zero-order chi connectivity index (χ0) is 20.1. The number of rotatable bonds is 6. The summed E-state index contributed by atoms with van der Waals surface area (Å²) in [7, 11) is 1.66. The molecule has 4 heteroatoms.